The summed E-state index contributed by atoms with van der Waals surface area (Å²) in [6, 6.07) is -0.287. The molecular formula is C13H27N3O. The number of hydrogen-bond donors (Lipinski definition) is 1. The third-order valence-electron chi connectivity index (χ3n) is 3.47. The molecule has 4 nitrogen and oxygen atoms in total. The van der Waals surface area contributed by atoms with Crippen LogP contribution in [0, 0.1) is 5.92 Å². The third-order valence-corrected chi connectivity index (χ3v) is 3.47. The van der Waals surface area contributed by atoms with Gasteiger partial charge in [0.25, 0.3) is 0 Å². The summed E-state index contributed by atoms with van der Waals surface area (Å²) in [5.41, 5.74) is 5.87. The highest BCUT2D eigenvalue weighted by Crippen LogP contribution is 2.18. The molecule has 1 aliphatic heterocycles. The quantitative estimate of drug-likeness (QED) is 0.778. The highest BCUT2D eigenvalue weighted by atomic mass is 16.2. The lowest BCUT2D eigenvalue weighted by Gasteiger charge is -2.34. The number of piperidine rings is 1. The summed E-state index contributed by atoms with van der Waals surface area (Å²) in [4.78, 5) is 16.2. The van der Waals surface area contributed by atoms with Crippen LogP contribution in [-0.2, 0) is 4.79 Å². The molecular weight excluding hydrogens is 214 g/mol. The number of rotatable bonds is 5. The first kappa shape index (κ1) is 14.5. The minimum atomic E-state index is -0.287. The zero-order valence-corrected chi connectivity index (χ0v) is 11.5. The first-order valence-electron chi connectivity index (χ1n) is 6.73. The van der Waals surface area contributed by atoms with Crippen molar-refractivity contribution in [1.82, 2.24) is 9.80 Å². The molecule has 1 fully saturated rings. The Hall–Kier alpha value is -0.610. The molecule has 1 rings (SSSR count). The van der Waals surface area contributed by atoms with E-state index in [2.05, 4.69) is 25.9 Å². The summed E-state index contributed by atoms with van der Waals surface area (Å²) < 4.78 is 0. The zero-order valence-electron chi connectivity index (χ0n) is 11.5. The highest BCUT2D eigenvalue weighted by Gasteiger charge is 2.25. The Kier molecular flexibility index (Phi) is 5.92. The van der Waals surface area contributed by atoms with Crippen LogP contribution in [-0.4, -0.2) is 55.5 Å². The van der Waals surface area contributed by atoms with Gasteiger partial charge in [-0.05, 0) is 39.3 Å². The van der Waals surface area contributed by atoms with Gasteiger partial charge in [0.15, 0.2) is 0 Å². The molecule has 0 aliphatic carbocycles. The molecule has 100 valence electrons. The lowest BCUT2D eigenvalue weighted by atomic mass is 9.95. The summed E-state index contributed by atoms with van der Waals surface area (Å²) in [5, 5.41) is 0. The van der Waals surface area contributed by atoms with Crippen LogP contribution in [0.15, 0.2) is 0 Å². The van der Waals surface area contributed by atoms with Crippen LogP contribution in [0.4, 0.5) is 0 Å². The predicted molar refractivity (Wildman–Crippen MR) is 70.7 cm³/mol. The van der Waals surface area contributed by atoms with Crippen molar-refractivity contribution in [1.29, 1.82) is 0 Å². The van der Waals surface area contributed by atoms with Gasteiger partial charge in [-0.2, -0.15) is 0 Å². The molecule has 0 bridgehead atoms. The molecule has 0 spiro atoms. The van der Waals surface area contributed by atoms with E-state index >= 15 is 0 Å². The van der Waals surface area contributed by atoms with Crippen LogP contribution < -0.4 is 5.73 Å². The smallest absolute Gasteiger partial charge is 0.239 e. The summed E-state index contributed by atoms with van der Waals surface area (Å²) in [6.07, 6.45) is 4.01. The van der Waals surface area contributed by atoms with E-state index in [9.17, 15) is 4.79 Å². The fourth-order valence-electron chi connectivity index (χ4n) is 2.52. The van der Waals surface area contributed by atoms with Gasteiger partial charge < -0.3 is 15.5 Å². The fourth-order valence-corrected chi connectivity index (χ4v) is 2.52. The zero-order chi connectivity index (χ0) is 12.8. The topological polar surface area (TPSA) is 49.6 Å². The number of nitrogens with two attached hydrogens (primary N) is 1. The number of hydrogen-bond acceptors (Lipinski definition) is 3. The monoisotopic (exact) mass is 241 g/mol. The van der Waals surface area contributed by atoms with E-state index in [-0.39, 0.29) is 11.9 Å². The van der Waals surface area contributed by atoms with Gasteiger partial charge in [0.05, 0.1) is 6.04 Å². The second-order valence-corrected chi connectivity index (χ2v) is 5.43. The van der Waals surface area contributed by atoms with E-state index < -0.39 is 0 Å². The molecule has 2 N–H and O–H groups in total. The van der Waals surface area contributed by atoms with Crippen molar-refractivity contribution in [2.75, 3.05) is 33.7 Å². The van der Waals surface area contributed by atoms with E-state index in [0.717, 1.165) is 51.2 Å². The van der Waals surface area contributed by atoms with Gasteiger partial charge in [0, 0.05) is 19.6 Å². The van der Waals surface area contributed by atoms with E-state index in [1.807, 2.05) is 4.90 Å². The van der Waals surface area contributed by atoms with Gasteiger partial charge in [-0.1, -0.05) is 13.3 Å². The average molecular weight is 241 g/mol. The molecule has 1 atom stereocenters. The maximum absolute atomic E-state index is 12.0. The molecule has 17 heavy (non-hydrogen) atoms. The third kappa shape index (κ3) is 4.64. The largest absolute Gasteiger partial charge is 0.341 e. The van der Waals surface area contributed by atoms with Crippen molar-refractivity contribution in [2.24, 2.45) is 11.7 Å². The molecule has 0 saturated carbocycles. The SMILES string of the molecule is CCC[C@H](N)C(=O)N1CCC(CN(C)C)CC1. The van der Waals surface area contributed by atoms with Gasteiger partial charge in [-0.25, -0.2) is 0 Å². The second-order valence-electron chi connectivity index (χ2n) is 5.43. The Morgan fingerprint density at radius 2 is 2.00 bits per heavy atom. The van der Waals surface area contributed by atoms with Crippen molar-refractivity contribution >= 4 is 5.91 Å². The van der Waals surface area contributed by atoms with E-state index in [1.165, 1.54) is 0 Å². The normalized spacial score (nSPS) is 19.7. The molecule has 4 heteroatoms. The molecule has 1 saturated heterocycles. The number of nitrogens with zero attached hydrogens (tertiary/aromatic N) is 2. The average Bonchev–Trinajstić information content (AvgIpc) is 2.28. The maximum Gasteiger partial charge on any atom is 0.239 e. The van der Waals surface area contributed by atoms with Crippen LogP contribution in [0.3, 0.4) is 0 Å². The molecule has 0 unspecified atom stereocenters. The Morgan fingerprint density at radius 1 is 1.41 bits per heavy atom. The van der Waals surface area contributed by atoms with Crippen molar-refractivity contribution in [3.63, 3.8) is 0 Å². The molecule has 1 heterocycles. The predicted octanol–water partition coefficient (Wildman–Crippen LogP) is 0.914. The van der Waals surface area contributed by atoms with Crippen molar-refractivity contribution in [3.05, 3.63) is 0 Å². The summed E-state index contributed by atoms with van der Waals surface area (Å²) >= 11 is 0. The standard InChI is InChI=1S/C13H27N3O/c1-4-5-12(14)13(17)16-8-6-11(7-9-16)10-15(2)3/h11-12H,4-10,14H2,1-3H3/t12-/m0/s1. The molecule has 1 amide bonds. The minimum absolute atomic E-state index is 0.148. The van der Waals surface area contributed by atoms with Crippen LogP contribution in [0.1, 0.15) is 32.6 Å². The molecule has 1 aliphatic rings. The van der Waals surface area contributed by atoms with Gasteiger partial charge in [-0.15, -0.1) is 0 Å². The van der Waals surface area contributed by atoms with Crippen LogP contribution in [0.25, 0.3) is 0 Å². The van der Waals surface area contributed by atoms with E-state index in [4.69, 9.17) is 5.73 Å². The van der Waals surface area contributed by atoms with Gasteiger partial charge in [-0.3, -0.25) is 4.79 Å². The molecule has 0 aromatic rings. The molecule has 0 aromatic heterocycles. The first-order valence-corrected chi connectivity index (χ1v) is 6.73. The second kappa shape index (κ2) is 6.97. The number of likely N-dealkylation sites (tertiary alicyclic amines) is 1. The number of carbonyl (C=O) groups excluding carboxylic acids is 1. The lowest BCUT2D eigenvalue weighted by Crippen LogP contribution is -2.47. The minimum Gasteiger partial charge on any atom is -0.341 e. The summed E-state index contributed by atoms with van der Waals surface area (Å²) in [6.45, 7) is 4.96. The van der Waals surface area contributed by atoms with Crippen LogP contribution in [0.5, 0.6) is 0 Å². The van der Waals surface area contributed by atoms with Crippen LogP contribution >= 0.6 is 0 Å². The van der Waals surface area contributed by atoms with Gasteiger partial charge in [0.2, 0.25) is 5.91 Å². The maximum atomic E-state index is 12.0. The van der Waals surface area contributed by atoms with Crippen molar-refractivity contribution < 1.29 is 4.79 Å². The van der Waals surface area contributed by atoms with Gasteiger partial charge >= 0.3 is 0 Å². The van der Waals surface area contributed by atoms with Crippen molar-refractivity contribution in [2.45, 2.75) is 38.6 Å². The van der Waals surface area contributed by atoms with Crippen LogP contribution in [0.2, 0.25) is 0 Å². The van der Waals surface area contributed by atoms with E-state index in [1.54, 1.807) is 0 Å². The Morgan fingerprint density at radius 3 is 2.47 bits per heavy atom. The lowest BCUT2D eigenvalue weighted by molar-refractivity contribution is -0.134. The number of carbonyl (C=O) groups is 1. The highest BCUT2D eigenvalue weighted by molar-refractivity contribution is 5.81. The summed E-state index contributed by atoms with van der Waals surface area (Å²) in [5.74, 6) is 0.881. The Labute approximate surface area is 105 Å². The number of amides is 1. The van der Waals surface area contributed by atoms with Gasteiger partial charge in [0.1, 0.15) is 0 Å². The fraction of sp³-hybridized carbons (Fsp3) is 0.923. The Balaban J connectivity index is 2.33. The van der Waals surface area contributed by atoms with E-state index in [0.29, 0.717) is 0 Å². The molecule has 0 radical (unpaired) electrons. The summed E-state index contributed by atoms with van der Waals surface area (Å²) in [7, 11) is 4.21. The Bertz CT molecular complexity index is 235. The molecule has 0 aromatic carbocycles. The first-order chi connectivity index (χ1) is 8.04. The van der Waals surface area contributed by atoms with Crippen molar-refractivity contribution in [3.8, 4) is 0 Å².